The van der Waals surface area contributed by atoms with E-state index in [1.165, 1.54) is 18.2 Å². The number of hydrogen-bond acceptors (Lipinski definition) is 2. The van der Waals surface area contributed by atoms with Crippen molar-refractivity contribution in [1.29, 1.82) is 0 Å². The molecule has 96 valence electrons. The van der Waals surface area contributed by atoms with Gasteiger partial charge in [-0.05, 0) is 32.0 Å². The van der Waals surface area contributed by atoms with Crippen molar-refractivity contribution in [2.75, 3.05) is 19.7 Å². The summed E-state index contributed by atoms with van der Waals surface area (Å²) in [5.74, 6) is 4.40. The van der Waals surface area contributed by atoms with E-state index in [0.29, 0.717) is 24.2 Å². The van der Waals surface area contributed by atoms with E-state index in [1.807, 2.05) is 13.8 Å². The molecule has 0 unspecified atom stereocenters. The van der Waals surface area contributed by atoms with Gasteiger partial charge in [0.1, 0.15) is 12.4 Å². The number of carbonyl (C=O) groups excluding carboxylic acids is 1. The molecule has 0 aliphatic carbocycles. The van der Waals surface area contributed by atoms with Crippen LogP contribution >= 0.6 is 0 Å². The summed E-state index contributed by atoms with van der Waals surface area (Å²) in [6, 6.07) is 3.87. The third-order valence-corrected chi connectivity index (χ3v) is 2.56. The Morgan fingerprint density at radius 2 is 2.06 bits per heavy atom. The Bertz CT molecular complexity index is 484. The summed E-state index contributed by atoms with van der Waals surface area (Å²) in [5.41, 5.74) is 0.669. The molecule has 1 amide bonds. The molecule has 1 aromatic rings. The van der Waals surface area contributed by atoms with Crippen molar-refractivity contribution in [2.45, 2.75) is 13.8 Å². The Balaban J connectivity index is 3.18. The minimum atomic E-state index is -0.451. The van der Waals surface area contributed by atoms with Gasteiger partial charge in [0.2, 0.25) is 0 Å². The van der Waals surface area contributed by atoms with Gasteiger partial charge in [0.25, 0.3) is 5.91 Å². The summed E-state index contributed by atoms with van der Waals surface area (Å²) in [5, 5.41) is 8.67. The molecule has 0 spiro atoms. The second-order valence-electron chi connectivity index (χ2n) is 3.63. The first-order valence-corrected chi connectivity index (χ1v) is 5.82. The fraction of sp³-hybridized carbons (Fsp3) is 0.357. The largest absolute Gasteiger partial charge is 0.384 e. The summed E-state index contributed by atoms with van der Waals surface area (Å²) in [6.07, 6.45) is 0. The molecule has 0 radical (unpaired) electrons. The number of carbonyl (C=O) groups is 1. The molecular weight excluding hydrogens is 233 g/mol. The van der Waals surface area contributed by atoms with Crippen molar-refractivity contribution in [3.63, 3.8) is 0 Å². The van der Waals surface area contributed by atoms with Crippen LogP contribution in [-0.2, 0) is 0 Å². The first-order chi connectivity index (χ1) is 8.63. The minimum absolute atomic E-state index is 0.178. The zero-order valence-corrected chi connectivity index (χ0v) is 10.5. The number of hydrogen-bond donors (Lipinski definition) is 1. The quantitative estimate of drug-likeness (QED) is 0.827. The van der Waals surface area contributed by atoms with Crippen LogP contribution < -0.4 is 0 Å². The molecule has 1 N–H and O–H groups in total. The Morgan fingerprint density at radius 1 is 1.39 bits per heavy atom. The topological polar surface area (TPSA) is 40.5 Å². The van der Waals surface area contributed by atoms with Crippen LogP contribution in [0.2, 0.25) is 0 Å². The van der Waals surface area contributed by atoms with Crippen LogP contribution in [0.1, 0.15) is 29.8 Å². The molecule has 0 heterocycles. The van der Waals surface area contributed by atoms with Crippen LogP contribution in [-0.4, -0.2) is 35.6 Å². The van der Waals surface area contributed by atoms with Gasteiger partial charge in [-0.3, -0.25) is 4.79 Å². The van der Waals surface area contributed by atoms with Gasteiger partial charge in [0, 0.05) is 18.7 Å². The monoisotopic (exact) mass is 249 g/mol. The van der Waals surface area contributed by atoms with E-state index >= 15 is 0 Å². The average Bonchev–Trinajstić information content (AvgIpc) is 2.37. The van der Waals surface area contributed by atoms with Crippen molar-refractivity contribution in [2.24, 2.45) is 0 Å². The predicted octanol–water partition coefficient (Wildman–Crippen LogP) is 1.65. The lowest BCUT2D eigenvalue weighted by atomic mass is 10.1. The molecule has 1 rings (SSSR count). The van der Waals surface area contributed by atoms with Crippen LogP contribution in [0.15, 0.2) is 18.2 Å². The fourth-order valence-corrected chi connectivity index (χ4v) is 1.62. The minimum Gasteiger partial charge on any atom is -0.384 e. The Hall–Kier alpha value is -1.86. The van der Waals surface area contributed by atoms with Crippen LogP contribution in [0.5, 0.6) is 0 Å². The molecule has 4 heteroatoms. The van der Waals surface area contributed by atoms with Crippen molar-refractivity contribution >= 4 is 5.91 Å². The highest BCUT2D eigenvalue weighted by atomic mass is 19.1. The van der Waals surface area contributed by atoms with Crippen molar-refractivity contribution in [1.82, 2.24) is 4.90 Å². The highest BCUT2D eigenvalue weighted by Gasteiger charge is 2.16. The maximum Gasteiger partial charge on any atom is 0.255 e. The normalized spacial score (nSPS) is 9.56. The third kappa shape index (κ3) is 3.31. The van der Waals surface area contributed by atoms with Crippen LogP contribution in [0, 0.1) is 17.7 Å². The number of aliphatic hydroxyl groups excluding tert-OH is 1. The molecule has 0 fully saturated rings. The molecular formula is C14H16FNO2. The lowest BCUT2D eigenvalue weighted by molar-refractivity contribution is 0.0772. The Kier molecular flexibility index (Phi) is 5.34. The number of rotatable bonds is 3. The highest BCUT2D eigenvalue weighted by Crippen LogP contribution is 2.13. The van der Waals surface area contributed by atoms with Gasteiger partial charge in [-0.25, -0.2) is 4.39 Å². The van der Waals surface area contributed by atoms with Crippen LogP contribution in [0.25, 0.3) is 0 Å². The van der Waals surface area contributed by atoms with Gasteiger partial charge in [0.15, 0.2) is 0 Å². The smallest absolute Gasteiger partial charge is 0.255 e. The van der Waals surface area contributed by atoms with E-state index < -0.39 is 5.82 Å². The first kappa shape index (κ1) is 14.2. The van der Waals surface area contributed by atoms with Crippen LogP contribution in [0.3, 0.4) is 0 Å². The number of aliphatic hydroxyl groups is 1. The van der Waals surface area contributed by atoms with Crippen molar-refractivity contribution < 1.29 is 14.3 Å². The van der Waals surface area contributed by atoms with E-state index in [4.69, 9.17) is 5.11 Å². The molecule has 0 aliphatic rings. The highest BCUT2D eigenvalue weighted by molar-refractivity contribution is 5.96. The second kappa shape index (κ2) is 6.77. The van der Waals surface area contributed by atoms with Gasteiger partial charge in [-0.1, -0.05) is 11.8 Å². The standard InChI is InChI=1S/C14H16FNO2/c1-3-16(4-2)14(18)13-8-7-12(15)10-11(13)6-5-9-17/h7-8,10,17H,3-4,9H2,1-2H3. The first-order valence-electron chi connectivity index (χ1n) is 5.82. The zero-order valence-electron chi connectivity index (χ0n) is 10.5. The molecule has 3 nitrogen and oxygen atoms in total. The molecule has 0 saturated heterocycles. The van der Waals surface area contributed by atoms with E-state index in [-0.39, 0.29) is 12.5 Å². The number of amides is 1. The van der Waals surface area contributed by atoms with Gasteiger partial charge in [-0.15, -0.1) is 0 Å². The van der Waals surface area contributed by atoms with E-state index in [0.717, 1.165) is 0 Å². The lowest BCUT2D eigenvalue weighted by Gasteiger charge is -2.19. The molecule has 18 heavy (non-hydrogen) atoms. The van der Waals surface area contributed by atoms with Crippen molar-refractivity contribution in [3.8, 4) is 11.8 Å². The van der Waals surface area contributed by atoms with E-state index in [1.54, 1.807) is 4.90 Å². The summed E-state index contributed by atoms with van der Waals surface area (Å²) in [4.78, 5) is 13.8. The predicted molar refractivity (Wildman–Crippen MR) is 67.6 cm³/mol. The van der Waals surface area contributed by atoms with Gasteiger partial charge >= 0.3 is 0 Å². The Morgan fingerprint density at radius 3 is 2.61 bits per heavy atom. The van der Waals surface area contributed by atoms with Gasteiger partial charge in [0.05, 0.1) is 5.56 Å². The average molecular weight is 249 g/mol. The van der Waals surface area contributed by atoms with E-state index in [2.05, 4.69) is 11.8 Å². The summed E-state index contributed by atoms with van der Waals surface area (Å²) >= 11 is 0. The third-order valence-electron chi connectivity index (χ3n) is 2.56. The number of nitrogens with zero attached hydrogens (tertiary/aromatic N) is 1. The maximum absolute atomic E-state index is 13.1. The summed E-state index contributed by atoms with van der Waals surface area (Å²) < 4.78 is 13.1. The molecule has 1 aromatic carbocycles. The zero-order chi connectivity index (χ0) is 13.5. The van der Waals surface area contributed by atoms with Crippen molar-refractivity contribution in [3.05, 3.63) is 35.1 Å². The van der Waals surface area contributed by atoms with Gasteiger partial charge < -0.3 is 10.0 Å². The summed E-state index contributed by atoms with van der Waals surface area (Å²) in [6.45, 7) is 4.60. The fourth-order valence-electron chi connectivity index (χ4n) is 1.62. The lowest BCUT2D eigenvalue weighted by Crippen LogP contribution is -2.31. The molecule has 0 bridgehead atoms. The number of halogens is 1. The van der Waals surface area contributed by atoms with Gasteiger partial charge in [-0.2, -0.15) is 0 Å². The second-order valence-corrected chi connectivity index (χ2v) is 3.63. The molecule has 0 atom stereocenters. The SMILES string of the molecule is CCN(CC)C(=O)c1ccc(F)cc1C#CCO. The van der Waals surface area contributed by atoms with Crippen LogP contribution in [0.4, 0.5) is 4.39 Å². The molecule has 0 aliphatic heterocycles. The Labute approximate surface area is 106 Å². The van der Waals surface area contributed by atoms with E-state index in [9.17, 15) is 9.18 Å². The molecule has 0 saturated carbocycles. The molecule has 0 aromatic heterocycles. The number of benzene rings is 1. The summed E-state index contributed by atoms with van der Waals surface area (Å²) in [7, 11) is 0. The maximum atomic E-state index is 13.1.